The number of thiocarbonyl (C=S) groups is 2. The van der Waals surface area contributed by atoms with Crippen molar-refractivity contribution < 1.29 is 0 Å². The molecule has 2 aromatic rings. The molecule has 0 fully saturated rings. The highest BCUT2D eigenvalue weighted by atomic mass is 32.1. The summed E-state index contributed by atoms with van der Waals surface area (Å²) in [5.41, 5.74) is 9.88. The van der Waals surface area contributed by atoms with Gasteiger partial charge < -0.3 is 10.6 Å². The molecule has 0 radical (unpaired) electrons. The van der Waals surface area contributed by atoms with Gasteiger partial charge in [0.25, 0.3) is 0 Å². The maximum atomic E-state index is 5.23. The standard InChI is InChI=1S/C16H18N4S2/c1-11-7-3-5-9-13(11)17-15(21)19-20-16(22)18-14-10-6-4-8-12(14)2/h3-10H,1-2H3,(H2,17,19,21)(H2,18,20,22). The number of aryl methyl sites for hydroxylation is 2. The van der Waals surface area contributed by atoms with Crippen LogP contribution >= 0.6 is 24.4 Å². The van der Waals surface area contributed by atoms with Gasteiger partial charge in [0.1, 0.15) is 0 Å². The molecule has 22 heavy (non-hydrogen) atoms. The zero-order valence-corrected chi connectivity index (χ0v) is 14.1. The van der Waals surface area contributed by atoms with Gasteiger partial charge in [-0.15, -0.1) is 0 Å². The fraction of sp³-hybridized carbons (Fsp3) is 0.125. The van der Waals surface area contributed by atoms with E-state index in [1.165, 1.54) is 0 Å². The SMILES string of the molecule is Cc1ccccc1NC(=S)NNC(=S)Nc1ccccc1C. The second-order valence-corrected chi connectivity index (χ2v) is 5.60. The van der Waals surface area contributed by atoms with Crippen molar-refractivity contribution >= 4 is 46.0 Å². The highest BCUT2D eigenvalue weighted by Crippen LogP contribution is 2.13. The van der Waals surface area contributed by atoms with Gasteiger partial charge in [0, 0.05) is 11.4 Å². The van der Waals surface area contributed by atoms with Crippen molar-refractivity contribution in [1.82, 2.24) is 10.9 Å². The average molecular weight is 330 g/mol. The third kappa shape index (κ3) is 4.68. The van der Waals surface area contributed by atoms with E-state index in [-0.39, 0.29) is 0 Å². The lowest BCUT2D eigenvalue weighted by atomic mass is 10.2. The van der Waals surface area contributed by atoms with Crippen LogP contribution in [0.1, 0.15) is 11.1 Å². The smallest absolute Gasteiger partial charge is 0.189 e. The van der Waals surface area contributed by atoms with Crippen LogP contribution in [0.25, 0.3) is 0 Å². The summed E-state index contributed by atoms with van der Waals surface area (Å²) in [5, 5.41) is 7.12. The number of rotatable bonds is 2. The van der Waals surface area contributed by atoms with Crippen LogP contribution in [0.15, 0.2) is 48.5 Å². The molecule has 0 saturated heterocycles. The van der Waals surface area contributed by atoms with Crippen LogP contribution in [0.4, 0.5) is 11.4 Å². The Morgan fingerprint density at radius 3 is 1.41 bits per heavy atom. The van der Waals surface area contributed by atoms with Crippen LogP contribution < -0.4 is 21.5 Å². The van der Waals surface area contributed by atoms with Crippen molar-refractivity contribution in [2.24, 2.45) is 0 Å². The summed E-state index contributed by atoms with van der Waals surface area (Å²) in [6.45, 7) is 4.03. The maximum absolute atomic E-state index is 5.23. The molecule has 0 amide bonds. The predicted octanol–water partition coefficient (Wildman–Crippen LogP) is 3.49. The molecule has 0 spiro atoms. The lowest BCUT2D eigenvalue weighted by Gasteiger charge is -2.16. The van der Waals surface area contributed by atoms with Crippen molar-refractivity contribution in [3.8, 4) is 0 Å². The summed E-state index contributed by atoms with van der Waals surface area (Å²) in [7, 11) is 0. The van der Waals surface area contributed by atoms with Crippen LogP contribution in [-0.2, 0) is 0 Å². The van der Waals surface area contributed by atoms with E-state index >= 15 is 0 Å². The van der Waals surface area contributed by atoms with Gasteiger partial charge >= 0.3 is 0 Å². The highest BCUT2D eigenvalue weighted by Gasteiger charge is 2.02. The molecular formula is C16H18N4S2. The van der Waals surface area contributed by atoms with Gasteiger partial charge in [-0.3, -0.25) is 10.9 Å². The molecule has 0 heterocycles. The second-order valence-electron chi connectivity index (χ2n) is 4.79. The fourth-order valence-electron chi connectivity index (χ4n) is 1.85. The number of benzene rings is 2. The summed E-state index contributed by atoms with van der Waals surface area (Å²) < 4.78 is 0. The maximum Gasteiger partial charge on any atom is 0.189 e. The minimum Gasteiger partial charge on any atom is -0.331 e. The van der Waals surface area contributed by atoms with Crippen LogP contribution in [0.5, 0.6) is 0 Å². The Hall–Kier alpha value is -2.18. The molecule has 0 atom stereocenters. The van der Waals surface area contributed by atoms with Crippen molar-refractivity contribution in [2.75, 3.05) is 10.6 Å². The Kier molecular flexibility index (Phi) is 5.68. The lowest BCUT2D eigenvalue weighted by molar-refractivity contribution is 0.885. The van der Waals surface area contributed by atoms with E-state index in [0.717, 1.165) is 22.5 Å². The number of nitrogens with one attached hydrogen (secondary N) is 4. The largest absolute Gasteiger partial charge is 0.331 e. The first-order valence-electron chi connectivity index (χ1n) is 6.81. The fourth-order valence-corrected chi connectivity index (χ4v) is 2.17. The molecule has 0 bridgehead atoms. The summed E-state index contributed by atoms with van der Waals surface area (Å²) in [5.74, 6) is 0. The Morgan fingerprint density at radius 2 is 1.05 bits per heavy atom. The first-order valence-corrected chi connectivity index (χ1v) is 7.63. The average Bonchev–Trinajstić information content (AvgIpc) is 2.50. The van der Waals surface area contributed by atoms with Gasteiger partial charge in [-0.25, -0.2) is 0 Å². The van der Waals surface area contributed by atoms with Gasteiger partial charge in [0.05, 0.1) is 0 Å². The number of para-hydroxylation sites is 2. The molecule has 0 saturated carbocycles. The zero-order valence-electron chi connectivity index (χ0n) is 12.4. The number of hydrogen-bond donors (Lipinski definition) is 4. The highest BCUT2D eigenvalue weighted by molar-refractivity contribution is 7.81. The molecule has 6 heteroatoms. The van der Waals surface area contributed by atoms with E-state index in [0.29, 0.717) is 10.2 Å². The van der Waals surface area contributed by atoms with E-state index in [1.807, 2.05) is 62.4 Å². The monoisotopic (exact) mass is 330 g/mol. The minimum atomic E-state index is 0.447. The topological polar surface area (TPSA) is 48.1 Å². The Balaban J connectivity index is 1.82. The first-order chi connectivity index (χ1) is 10.6. The quantitative estimate of drug-likeness (QED) is 0.499. The summed E-state index contributed by atoms with van der Waals surface area (Å²) in [6.07, 6.45) is 0. The van der Waals surface area contributed by atoms with E-state index in [2.05, 4.69) is 21.5 Å². The molecule has 114 valence electrons. The van der Waals surface area contributed by atoms with Gasteiger partial charge in [0.15, 0.2) is 10.2 Å². The summed E-state index contributed by atoms with van der Waals surface area (Å²) >= 11 is 10.5. The minimum absolute atomic E-state index is 0.447. The molecule has 0 aliphatic heterocycles. The molecule has 0 unspecified atom stereocenters. The van der Waals surface area contributed by atoms with Crippen LogP contribution in [-0.4, -0.2) is 10.2 Å². The van der Waals surface area contributed by atoms with Crippen molar-refractivity contribution in [2.45, 2.75) is 13.8 Å². The molecule has 0 aliphatic carbocycles. The van der Waals surface area contributed by atoms with E-state index in [1.54, 1.807) is 0 Å². The van der Waals surface area contributed by atoms with Gasteiger partial charge in [-0.1, -0.05) is 36.4 Å². The Morgan fingerprint density at radius 1 is 0.682 bits per heavy atom. The molecular weight excluding hydrogens is 312 g/mol. The third-order valence-corrected chi connectivity index (χ3v) is 3.48. The normalized spacial score (nSPS) is 9.73. The number of hydrogen-bond acceptors (Lipinski definition) is 2. The zero-order chi connectivity index (χ0) is 15.9. The van der Waals surface area contributed by atoms with E-state index in [9.17, 15) is 0 Å². The molecule has 2 aromatic carbocycles. The predicted molar refractivity (Wildman–Crippen MR) is 101 cm³/mol. The van der Waals surface area contributed by atoms with Crippen LogP contribution in [0.2, 0.25) is 0 Å². The first kappa shape index (κ1) is 16.2. The molecule has 2 rings (SSSR count). The summed E-state index contributed by atoms with van der Waals surface area (Å²) in [4.78, 5) is 0. The third-order valence-electron chi connectivity index (χ3n) is 3.08. The molecule has 4 N–H and O–H groups in total. The summed E-state index contributed by atoms with van der Waals surface area (Å²) in [6, 6.07) is 15.8. The second kappa shape index (κ2) is 7.72. The van der Waals surface area contributed by atoms with Crippen molar-refractivity contribution in [1.29, 1.82) is 0 Å². The Bertz CT molecular complexity index is 626. The van der Waals surface area contributed by atoms with Gasteiger partial charge in [-0.2, -0.15) is 0 Å². The van der Waals surface area contributed by atoms with Crippen LogP contribution in [0, 0.1) is 13.8 Å². The van der Waals surface area contributed by atoms with Gasteiger partial charge in [0.2, 0.25) is 0 Å². The number of hydrazine groups is 1. The van der Waals surface area contributed by atoms with Crippen molar-refractivity contribution in [3.05, 3.63) is 59.7 Å². The molecule has 4 nitrogen and oxygen atoms in total. The van der Waals surface area contributed by atoms with E-state index in [4.69, 9.17) is 24.4 Å². The van der Waals surface area contributed by atoms with Crippen molar-refractivity contribution in [3.63, 3.8) is 0 Å². The van der Waals surface area contributed by atoms with E-state index < -0.39 is 0 Å². The lowest BCUT2D eigenvalue weighted by Crippen LogP contribution is -2.45. The van der Waals surface area contributed by atoms with Gasteiger partial charge in [-0.05, 0) is 61.5 Å². The molecule has 0 aromatic heterocycles. The number of anilines is 2. The Labute approximate surface area is 141 Å². The molecule has 0 aliphatic rings. The van der Waals surface area contributed by atoms with Crippen LogP contribution in [0.3, 0.4) is 0 Å².